The Morgan fingerprint density at radius 2 is 0.621 bits per heavy atom. The van der Waals surface area contributed by atoms with E-state index in [1.807, 2.05) is 48.6 Å². The summed E-state index contributed by atoms with van der Waals surface area (Å²) < 4.78 is 139. The molecule has 6 aromatic carbocycles. The molecule has 6 aromatic rings. The molecule has 0 bridgehead atoms. The highest BCUT2D eigenvalue weighted by molar-refractivity contribution is 7.86. The van der Waals surface area contributed by atoms with E-state index in [9.17, 15) is 25.9 Å². The van der Waals surface area contributed by atoms with Crippen LogP contribution in [0.25, 0.3) is 0 Å². The van der Waals surface area contributed by atoms with Crippen molar-refractivity contribution < 1.29 is 96.5 Å². The van der Waals surface area contributed by atoms with Crippen LogP contribution in [0.1, 0.15) is 168 Å². The average Bonchev–Trinajstić information content (AvgIpc) is 1.44. The minimum atomic E-state index is -4.12. The number of nitrogens with zero attached hydrogens (tertiary/aromatic N) is 6. The predicted molar refractivity (Wildman–Crippen MR) is 514 cm³/mol. The van der Waals surface area contributed by atoms with Gasteiger partial charge in [0.25, 0.3) is 20.2 Å². The number of fused-ring (bicyclic) bond motifs is 12. The lowest BCUT2D eigenvalue weighted by molar-refractivity contribution is -0.437. The van der Waals surface area contributed by atoms with Crippen LogP contribution < -0.4 is 71.5 Å². The molecule has 0 saturated heterocycles. The van der Waals surface area contributed by atoms with E-state index < -0.39 is 31.1 Å². The van der Waals surface area contributed by atoms with Crippen LogP contribution in [-0.4, -0.2) is 150 Å². The average molecular weight is 1890 g/mol. The quantitative estimate of drug-likeness (QED) is 0.0637. The molecule has 0 atom stereocenters. The second-order valence-corrected chi connectivity index (χ2v) is 43.1. The third-order valence-corrected chi connectivity index (χ3v) is 31.9. The molecule has 0 aromatic heterocycles. The van der Waals surface area contributed by atoms with Crippen LogP contribution in [0.2, 0.25) is 0 Å². The summed E-state index contributed by atoms with van der Waals surface area (Å²) in [6, 6.07) is 24.6. The Morgan fingerprint density at radius 3 is 0.985 bits per heavy atom. The molecule has 2 N–H and O–H groups in total. The molecule has 0 radical (unpaired) electrons. The van der Waals surface area contributed by atoms with Gasteiger partial charge in [-0.15, -0.1) is 0 Å². The molecule has 0 amide bonds. The van der Waals surface area contributed by atoms with E-state index in [-0.39, 0.29) is 86.8 Å². The standard InChI is InChI=1S/C37H41ClN2O10S2.2C33H34ClN2O4/c1-36(2)25-17-29-31(49-21-47-29)19-27(25)39(13-5-15-51(41,42)43)33(36)11-9-23-7-8-24(35(23)38)10-12-34-37(3,4)26-18-30-32(50-22-48-30)20-28(26)40(34)14-6-16-52(44,45)46;2*1-32(2)21-13-25-27(39-17-37-25)15-23(21)35(5)29(32)11-9-19-7-8-20(31(19)34)10-12-30-33(3,4)22-14-26-28(40-18-38-26)16-24(22)36(30)6/h9-12,17-20H,5-8,13-16,21-22H2,1-4H3,(H-,41,42,43,44,45,46);2*9-16H,7-8,17-18H2,1-6H3/q;2*+1/p+1. The Morgan fingerprint density at radius 1 is 0.341 bits per heavy atom. The first kappa shape index (κ1) is 90.1. The van der Waals surface area contributed by atoms with Crippen LogP contribution >= 0.6 is 34.8 Å². The predicted octanol–water partition coefficient (Wildman–Crippen LogP) is 21.0. The Labute approximate surface area is 786 Å². The van der Waals surface area contributed by atoms with Crippen LogP contribution in [0.3, 0.4) is 0 Å². The zero-order valence-corrected chi connectivity index (χ0v) is 81.0. The lowest BCUT2D eigenvalue weighted by Crippen LogP contribution is -2.28. The molecule has 0 unspecified atom stereocenters. The molecule has 690 valence electrons. The summed E-state index contributed by atoms with van der Waals surface area (Å²) in [6.07, 6.45) is 31.3. The molecular weight excluding hydrogens is 1780 g/mol. The highest BCUT2D eigenvalue weighted by atomic mass is 35.5. The molecule has 3 aliphatic carbocycles. The minimum Gasteiger partial charge on any atom is -0.454 e. The summed E-state index contributed by atoms with van der Waals surface area (Å²) in [7, 11) is 0.210. The summed E-state index contributed by atoms with van der Waals surface area (Å²) >= 11 is 21.0. The van der Waals surface area contributed by atoms with Gasteiger partial charge in [0, 0.05) is 146 Å². The summed E-state index contributed by atoms with van der Waals surface area (Å²) in [5.41, 5.74) is 25.2. The highest BCUT2D eigenvalue weighted by Gasteiger charge is 2.51. The van der Waals surface area contributed by atoms with E-state index in [0.29, 0.717) is 54.0 Å². The van der Waals surface area contributed by atoms with E-state index in [0.717, 1.165) is 150 Å². The molecule has 24 nitrogen and oxygen atoms in total. The normalized spacial score (nSPS) is 22.6. The fourth-order valence-electron chi connectivity index (χ4n) is 21.4. The summed E-state index contributed by atoms with van der Waals surface area (Å²) in [4.78, 5) is 6.58. The Bertz CT molecular complexity index is 6540. The SMILES string of the molecule is CC1(C)C(/C=C/C2=C(Cl)C(=C/C=C3\N(CCCS(=O)(=O)O)c4cc5c(cc4C3(C)C)OCO5)CC2)=[N+](CCCS(=O)(=O)O)c2cc3c(cc21)OCO3.CN1/C(=C\C=C2CCC(/C=C/C3=[N+](C)c4cc5c(cc4C3(C)C)OCO5)=C2Cl)C(C)(C)c2cc3c(cc21)OCO3.CN1/C(=C\C=C2CCC(/C=C/C3=[N+](C)c4cc5c(cc4C3(C)C)OCO5)=C2Cl)C(C)(C)c2cc3c(cc21)OCO3. The maximum atomic E-state index is 11.6. The second-order valence-electron chi connectivity index (χ2n) is 38.8. The van der Waals surface area contributed by atoms with Crippen molar-refractivity contribution >= 4 is 106 Å². The number of rotatable bonds is 17. The molecule has 15 aliphatic rings. The second kappa shape index (κ2) is 33.2. The molecule has 12 aliphatic heterocycles. The third kappa shape index (κ3) is 15.8. The van der Waals surface area contributed by atoms with Crippen molar-refractivity contribution in [2.24, 2.45) is 0 Å². The molecular formula is C103H110Cl3N6O18S2+3. The van der Waals surface area contributed by atoms with Gasteiger partial charge in [-0.25, -0.2) is 0 Å². The molecule has 21 rings (SSSR count). The van der Waals surface area contributed by atoms with Gasteiger partial charge in [0.2, 0.25) is 57.8 Å². The van der Waals surface area contributed by atoms with Gasteiger partial charge < -0.3 is 71.5 Å². The first-order chi connectivity index (χ1) is 62.6. The number of allylic oxidation sites excluding steroid dienone is 24. The first-order valence-corrected chi connectivity index (χ1v) is 49.1. The fraction of sp³-hybridized carbons (Fsp3) is 0.388. The van der Waals surface area contributed by atoms with E-state index in [4.69, 9.17) is 91.6 Å². The summed E-state index contributed by atoms with van der Waals surface area (Å²) in [6.45, 7) is 28.6. The van der Waals surface area contributed by atoms with Gasteiger partial charge in [-0.2, -0.15) is 30.6 Å². The lowest BCUT2D eigenvalue weighted by Gasteiger charge is -2.27. The maximum Gasteiger partial charge on any atom is 0.265 e. The first-order valence-electron chi connectivity index (χ1n) is 44.7. The van der Waals surface area contributed by atoms with Crippen molar-refractivity contribution in [2.45, 2.75) is 167 Å². The molecule has 0 spiro atoms. The minimum absolute atomic E-state index is 0.138. The van der Waals surface area contributed by atoms with Crippen LogP contribution in [-0.2, 0) is 52.7 Å². The Balaban J connectivity index is 0.000000129. The molecule has 0 saturated carbocycles. The Hall–Kier alpha value is -11.1. The molecule has 132 heavy (non-hydrogen) atoms. The van der Waals surface area contributed by atoms with Gasteiger partial charge in [0.15, 0.2) is 86.1 Å². The third-order valence-electron chi connectivity index (χ3n) is 28.8. The molecule has 29 heteroatoms. The van der Waals surface area contributed by atoms with Gasteiger partial charge in [0.05, 0.1) is 45.9 Å². The van der Waals surface area contributed by atoms with Gasteiger partial charge in [-0.3, -0.25) is 9.11 Å². The number of halogens is 3. The van der Waals surface area contributed by atoms with Crippen LogP contribution in [0.15, 0.2) is 211 Å². The van der Waals surface area contributed by atoms with E-state index in [1.54, 1.807) is 0 Å². The van der Waals surface area contributed by atoms with Gasteiger partial charge in [-0.05, 0) is 191 Å². The number of ether oxygens (including phenoxy) is 12. The van der Waals surface area contributed by atoms with Crippen molar-refractivity contribution in [1.29, 1.82) is 0 Å². The van der Waals surface area contributed by atoms with Gasteiger partial charge in [0.1, 0.15) is 20.6 Å². The van der Waals surface area contributed by atoms with Crippen LogP contribution in [0, 0.1) is 0 Å². The topological polar surface area (TPSA) is 238 Å². The van der Waals surface area contributed by atoms with Crippen molar-refractivity contribution in [3.8, 4) is 69.0 Å². The largest absolute Gasteiger partial charge is 0.454 e. The van der Waals surface area contributed by atoms with Crippen molar-refractivity contribution in [2.75, 3.05) is 108 Å². The van der Waals surface area contributed by atoms with Gasteiger partial charge >= 0.3 is 0 Å². The number of hydrogen-bond acceptors (Lipinski definition) is 19. The van der Waals surface area contributed by atoms with E-state index >= 15 is 0 Å². The number of hydrogen-bond donors (Lipinski definition) is 2. The fourth-order valence-corrected chi connectivity index (χ4v) is 23.3. The zero-order chi connectivity index (χ0) is 93.2. The number of benzene rings is 6. The monoisotopic (exact) mass is 1890 g/mol. The van der Waals surface area contributed by atoms with Crippen LogP contribution in [0.4, 0.5) is 34.1 Å². The maximum absolute atomic E-state index is 11.6. The van der Waals surface area contributed by atoms with Crippen molar-refractivity contribution in [3.05, 3.63) is 245 Å². The van der Waals surface area contributed by atoms with Crippen LogP contribution in [0.5, 0.6) is 69.0 Å². The zero-order valence-electron chi connectivity index (χ0n) is 77.1. The van der Waals surface area contributed by atoms with Crippen molar-refractivity contribution in [3.63, 3.8) is 0 Å². The smallest absolute Gasteiger partial charge is 0.265 e. The summed E-state index contributed by atoms with van der Waals surface area (Å²) in [5, 5.41) is 2.34. The molecule has 12 heterocycles. The Kier molecular flexibility index (Phi) is 22.7. The number of likely N-dealkylation sites (N-methyl/N-ethyl adjacent to an activating group) is 2. The van der Waals surface area contributed by atoms with E-state index in [1.165, 1.54) is 67.4 Å². The summed E-state index contributed by atoms with van der Waals surface area (Å²) in [5.74, 6) is 8.38. The van der Waals surface area contributed by atoms with Crippen molar-refractivity contribution in [1.82, 2.24) is 0 Å². The highest BCUT2D eigenvalue weighted by Crippen LogP contribution is 2.58. The number of anilines is 3. The molecule has 0 fully saturated rings. The lowest BCUT2D eigenvalue weighted by atomic mass is 9.81. The van der Waals surface area contributed by atoms with E-state index in [2.05, 4.69) is 237 Å². The van der Waals surface area contributed by atoms with Gasteiger partial charge in [-0.1, -0.05) is 113 Å².